The van der Waals surface area contributed by atoms with E-state index in [9.17, 15) is 0 Å². The highest BCUT2D eigenvalue weighted by Gasteiger charge is 2.13. The molecule has 0 amide bonds. The first-order valence-electron chi connectivity index (χ1n) is 5.93. The smallest absolute Gasteiger partial charge is 0.125 e. The predicted octanol–water partition coefficient (Wildman–Crippen LogP) is 4.35. The van der Waals surface area contributed by atoms with Gasteiger partial charge in [-0.05, 0) is 36.2 Å². The number of methoxy groups -OCH3 is 1. The van der Waals surface area contributed by atoms with Gasteiger partial charge in [0.05, 0.1) is 7.11 Å². The first-order valence-corrected chi connectivity index (χ1v) is 7.10. The van der Waals surface area contributed by atoms with E-state index >= 15 is 0 Å². The van der Waals surface area contributed by atoms with Crippen LogP contribution in [0.2, 0.25) is 5.02 Å². The lowest BCUT2D eigenvalue weighted by molar-refractivity contribution is 0.405. The van der Waals surface area contributed by atoms with Gasteiger partial charge >= 0.3 is 0 Å². The summed E-state index contributed by atoms with van der Waals surface area (Å²) in [6.45, 7) is 0. The minimum absolute atomic E-state index is 0.124. The molecule has 1 unspecified atom stereocenters. The Labute approximate surface area is 126 Å². The largest absolute Gasteiger partial charge is 0.496 e. The Balaban J connectivity index is 2.22. The third-order valence-corrected chi connectivity index (χ3v) is 3.67. The Hall–Kier alpha value is -1.03. The fourth-order valence-electron chi connectivity index (χ4n) is 2.02. The lowest BCUT2D eigenvalue weighted by Gasteiger charge is -2.16. The molecule has 2 aromatic carbocycles. The van der Waals surface area contributed by atoms with E-state index in [2.05, 4.69) is 28.1 Å². The van der Waals surface area contributed by atoms with Gasteiger partial charge in [0.15, 0.2) is 0 Å². The van der Waals surface area contributed by atoms with Crippen molar-refractivity contribution in [3.8, 4) is 5.75 Å². The van der Waals surface area contributed by atoms with Crippen molar-refractivity contribution in [1.29, 1.82) is 0 Å². The van der Waals surface area contributed by atoms with E-state index in [0.717, 1.165) is 22.2 Å². The highest BCUT2D eigenvalue weighted by Crippen LogP contribution is 2.29. The van der Waals surface area contributed by atoms with E-state index < -0.39 is 0 Å². The van der Waals surface area contributed by atoms with Gasteiger partial charge in [-0.2, -0.15) is 0 Å². The molecule has 100 valence electrons. The molecular formula is C15H15BrClNO. The summed E-state index contributed by atoms with van der Waals surface area (Å²) >= 11 is 9.42. The molecule has 2 aromatic rings. The molecule has 0 saturated heterocycles. The summed E-state index contributed by atoms with van der Waals surface area (Å²) in [4.78, 5) is 0. The van der Waals surface area contributed by atoms with Crippen LogP contribution in [0.3, 0.4) is 0 Å². The number of hydrogen-bond donors (Lipinski definition) is 1. The first-order chi connectivity index (χ1) is 9.10. The summed E-state index contributed by atoms with van der Waals surface area (Å²) in [6, 6.07) is 13.6. The quantitative estimate of drug-likeness (QED) is 0.898. The summed E-state index contributed by atoms with van der Waals surface area (Å²) in [5.41, 5.74) is 8.41. The van der Waals surface area contributed by atoms with Crippen LogP contribution < -0.4 is 10.5 Å². The van der Waals surface area contributed by atoms with Gasteiger partial charge in [-0.3, -0.25) is 0 Å². The number of rotatable bonds is 4. The molecule has 0 aliphatic rings. The molecule has 19 heavy (non-hydrogen) atoms. The highest BCUT2D eigenvalue weighted by molar-refractivity contribution is 9.10. The second-order valence-electron chi connectivity index (χ2n) is 4.33. The van der Waals surface area contributed by atoms with Crippen molar-refractivity contribution >= 4 is 27.5 Å². The average Bonchev–Trinajstić information content (AvgIpc) is 2.38. The van der Waals surface area contributed by atoms with E-state index in [1.807, 2.05) is 24.3 Å². The summed E-state index contributed by atoms with van der Waals surface area (Å²) < 4.78 is 6.39. The molecule has 0 spiro atoms. The van der Waals surface area contributed by atoms with Gasteiger partial charge in [0.25, 0.3) is 0 Å². The molecule has 0 saturated carbocycles. The molecule has 0 bridgehead atoms. The molecule has 0 aromatic heterocycles. The Kier molecular flexibility index (Phi) is 4.86. The minimum atomic E-state index is -0.124. The molecule has 4 heteroatoms. The monoisotopic (exact) mass is 339 g/mol. The van der Waals surface area contributed by atoms with Gasteiger partial charge in [0.2, 0.25) is 0 Å². The van der Waals surface area contributed by atoms with Crippen LogP contribution in [0.15, 0.2) is 46.9 Å². The topological polar surface area (TPSA) is 35.2 Å². The molecule has 0 aliphatic heterocycles. The van der Waals surface area contributed by atoms with E-state index in [1.54, 1.807) is 13.2 Å². The third-order valence-electron chi connectivity index (χ3n) is 2.94. The molecule has 0 fully saturated rings. The summed E-state index contributed by atoms with van der Waals surface area (Å²) in [5, 5.41) is 0.648. The van der Waals surface area contributed by atoms with E-state index in [-0.39, 0.29) is 6.04 Å². The number of benzene rings is 2. The van der Waals surface area contributed by atoms with Crippen molar-refractivity contribution < 1.29 is 4.74 Å². The van der Waals surface area contributed by atoms with E-state index in [4.69, 9.17) is 22.1 Å². The predicted molar refractivity (Wildman–Crippen MR) is 82.8 cm³/mol. The minimum Gasteiger partial charge on any atom is -0.496 e. The number of hydrogen-bond acceptors (Lipinski definition) is 2. The van der Waals surface area contributed by atoms with Crippen molar-refractivity contribution in [3.63, 3.8) is 0 Å². The average molecular weight is 341 g/mol. The van der Waals surface area contributed by atoms with Crippen LogP contribution in [0.5, 0.6) is 5.75 Å². The standard InChI is InChI=1S/C15H15BrClNO/c1-19-15-9-12(17)5-6-13(15)14(18)8-10-3-2-4-11(16)7-10/h2-7,9,14H,8,18H2,1H3. The van der Waals surface area contributed by atoms with Crippen molar-refractivity contribution in [2.24, 2.45) is 5.73 Å². The number of halogens is 2. The Morgan fingerprint density at radius 2 is 2.05 bits per heavy atom. The summed E-state index contributed by atoms with van der Waals surface area (Å²) in [7, 11) is 1.63. The molecule has 0 aliphatic carbocycles. The SMILES string of the molecule is COc1cc(Cl)ccc1C(N)Cc1cccc(Br)c1. The molecule has 0 heterocycles. The van der Waals surface area contributed by atoms with Crippen LogP contribution >= 0.6 is 27.5 Å². The first kappa shape index (κ1) is 14.4. The fraction of sp³-hybridized carbons (Fsp3) is 0.200. The van der Waals surface area contributed by atoms with Crippen molar-refractivity contribution in [3.05, 3.63) is 63.1 Å². The molecule has 2 nitrogen and oxygen atoms in total. The van der Waals surface area contributed by atoms with Crippen LogP contribution in [0.4, 0.5) is 0 Å². The van der Waals surface area contributed by atoms with Gasteiger partial charge < -0.3 is 10.5 Å². The Morgan fingerprint density at radius 1 is 1.26 bits per heavy atom. The van der Waals surface area contributed by atoms with Crippen LogP contribution in [0, 0.1) is 0 Å². The second-order valence-corrected chi connectivity index (χ2v) is 5.68. The lowest BCUT2D eigenvalue weighted by atomic mass is 9.99. The summed E-state index contributed by atoms with van der Waals surface area (Å²) in [5.74, 6) is 0.731. The third kappa shape index (κ3) is 3.72. The molecule has 2 N–H and O–H groups in total. The fourth-order valence-corrected chi connectivity index (χ4v) is 2.63. The normalized spacial score (nSPS) is 12.2. The van der Waals surface area contributed by atoms with Gasteiger partial charge in [-0.25, -0.2) is 0 Å². The molecule has 2 rings (SSSR count). The zero-order valence-corrected chi connectivity index (χ0v) is 12.9. The number of nitrogens with two attached hydrogens (primary N) is 1. The van der Waals surface area contributed by atoms with Crippen molar-refractivity contribution in [2.45, 2.75) is 12.5 Å². The zero-order valence-electron chi connectivity index (χ0n) is 10.6. The molecule has 1 atom stereocenters. The van der Waals surface area contributed by atoms with Crippen LogP contribution in [0.25, 0.3) is 0 Å². The maximum Gasteiger partial charge on any atom is 0.125 e. The van der Waals surface area contributed by atoms with Crippen LogP contribution in [0.1, 0.15) is 17.2 Å². The van der Waals surface area contributed by atoms with Gasteiger partial charge in [-0.1, -0.05) is 45.7 Å². The summed E-state index contributed by atoms with van der Waals surface area (Å²) in [6.07, 6.45) is 0.747. The second kappa shape index (κ2) is 6.42. The Morgan fingerprint density at radius 3 is 2.74 bits per heavy atom. The van der Waals surface area contributed by atoms with E-state index in [1.165, 1.54) is 5.56 Å². The maximum absolute atomic E-state index is 6.27. The zero-order chi connectivity index (χ0) is 13.8. The van der Waals surface area contributed by atoms with Crippen molar-refractivity contribution in [2.75, 3.05) is 7.11 Å². The van der Waals surface area contributed by atoms with Crippen LogP contribution in [-0.2, 0) is 6.42 Å². The molecule has 0 radical (unpaired) electrons. The van der Waals surface area contributed by atoms with Gasteiger partial charge in [0, 0.05) is 21.1 Å². The van der Waals surface area contributed by atoms with Gasteiger partial charge in [0.1, 0.15) is 5.75 Å². The number of ether oxygens (including phenoxy) is 1. The van der Waals surface area contributed by atoms with E-state index in [0.29, 0.717) is 5.02 Å². The van der Waals surface area contributed by atoms with Crippen molar-refractivity contribution in [1.82, 2.24) is 0 Å². The Bertz CT molecular complexity index is 574. The molecular weight excluding hydrogens is 326 g/mol. The van der Waals surface area contributed by atoms with Gasteiger partial charge in [-0.15, -0.1) is 0 Å². The van der Waals surface area contributed by atoms with Crippen LogP contribution in [-0.4, -0.2) is 7.11 Å². The highest BCUT2D eigenvalue weighted by atomic mass is 79.9. The maximum atomic E-state index is 6.27. The lowest BCUT2D eigenvalue weighted by Crippen LogP contribution is -2.14.